The quantitative estimate of drug-likeness (QED) is 0.111. The Labute approximate surface area is 360 Å². The van der Waals surface area contributed by atoms with Gasteiger partial charge in [-0.3, -0.25) is 34.2 Å². The second kappa shape index (κ2) is 17.1. The summed E-state index contributed by atoms with van der Waals surface area (Å²) in [6.45, 7) is 4.83. The summed E-state index contributed by atoms with van der Waals surface area (Å²) < 4.78 is 40.6. The molecule has 62 heavy (non-hydrogen) atoms. The molecule has 4 N–H and O–H groups in total. The third-order valence-electron chi connectivity index (χ3n) is 13.0. The van der Waals surface area contributed by atoms with Crippen LogP contribution in [0.2, 0.25) is 0 Å². The van der Waals surface area contributed by atoms with Crippen LogP contribution in [-0.2, 0) is 21.4 Å². The van der Waals surface area contributed by atoms with Crippen molar-refractivity contribution >= 4 is 62.5 Å². The first-order valence-electron chi connectivity index (χ1n) is 21.3. The third kappa shape index (κ3) is 8.97. The summed E-state index contributed by atoms with van der Waals surface area (Å²) in [4.78, 5) is 76.0. The van der Waals surface area contributed by atoms with E-state index in [9.17, 15) is 42.3 Å². The molecule has 1 atom stereocenters. The van der Waals surface area contributed by atoms with Crippen molar-refractivity contribution < 1.29 is 42.3 Å². The molecule has 4 aliphatic rings. The Kier molecular flexibility index (Phi) is 12.0. The van der Waals surface area contributed by atoms with E-state index in [0.29, 0.717) is 41.2 Å². The Bertz CT molecular complexity index is 2420. The van der Waals surface area contributed by atoms with E-state index in [2.05, 4.69) is 32.9 Å². The number of hydrogen-bond acceptors (Lipinski definition) is 11. The summed E-state index contributed by atoms with van der Waals surface area (Å²) in [5, 5.41) is 20.4. The molecule has 5 amide bonds. The Morgan fingerprint density at radius 1 is 0.903 bits per heavy atom. The minimum atomic E-state index is -4.70. The van der Waals surface area contributed by atoms with Crippen LogP contribution in [0.4, 0.5) is 24.5 Å². The molecule has 0 bridgehead atoms. The number of amides is 5. The highest BCUT2D eigenvalue weighted by molar-refractivity contribution is 7.18. The van der Waals surface area contributed by atoms with Crippen LogP contribution in [0.1, 0.15) is 131 Å². The lowest BCUT2D eigenvalue weighted by atomic mass is 9.81. The summed E-state index contributed by atoms with van der Waals surface area (Å²) in [5.74, 6) is -1.65. The van der Waals surface area contributed by atoms with Crippen molar-refractivity contribution in [1.82, 2.24) is 25.1 Å². The average molecular weight is 874 g/mol. The molecular formula is C45H50F3N7O6S. The normalized spacial score (nSPS) is 23.5. The highest BCUT2D eigenvalue weighted by atomic mass is 32.1. The lowest BCUT2D eigenvalue weighted by Crippen LogP contribution is -2.54. The van der Waals surface area contributed by atoms with Crippen molar-refractivity contribution in [2.24, 2.45) is 11.8 Å². The van der Waals surface area contributed by atoms with Gasteiger partial charge in [0.15, 0.2) is 0 Å². The van der Waals surface area contributed by atoms with E-state index in [1.165, 1.54) is 17.4 Å². The molecule has 4 heterocycles. The number of alkyl halides is 3. The van der Waals surface area contributed by atoms with Crippen molar-refractivity contribution in [1.29, 1.82) is 0 Å². The predicted octanol–water partition coefficient (Wildman–Crippen LogP) is 7.47. The molecule has 2 aromatic carbocycles. The molecule has 1 saturated heterocycles. The summed E-state index contributed by atoms with van der Waals surface area (Å²) in [6.07, 6.45) is 3.76. The number of aliphatic hydroxyl groups is 1. The minimum Gasteiger partial charge on any atom is -0.386 e. The number of rotatable bonds is 11. The largest absolute Gasteiger partial charge is 0.433 e. The van der Waals surface area contributed by atoms with E-state index in [4.69, 9.17) is 4.98 Å². The molecule has 0 spiro atoms. The molecule has 8 rings (SSSR count). The molecular weight excluding hydrogens is 824 g/mol. The third-order valence-corrected chi connectivity index (χ3v) is 14.1. The molecule has 17 heteroatoms. The van der Waals surface area contributed by atoms with Gasteiger partial charge < -0.3 is 20.6 Å². The zero-order valence-electron chi connectivity index (χ0n) is 34.8. The number of halogens is 3. The second-order valence-corrected chi connectivity index (χ2v) is 18.8. The summed E-state index contributed by atoms with van der Waals surface area (Å²) >= 11 is 1.54. The van der Waals surface area contributed by atoms with Crippen LogP contribution < -0.4 is 16.0 Å². The maximum absolute atomic E-state index is 13.5. The van der Waals surface area contributed by atoms with E-state index in [0.717, 1.165) is 84.7 Å². The van der Waals surface area contributed by atoms with Gasteiger partial charge in [0.05, 0.1) is 32.0 Å². The van der Waals surface area contributed by atoms with Crippen molar-refractivity contribution in [3.63, 3.8) is 0 Å². The molecule has 2 aliphatic heterocycles. The number of aromatic nitrogens is 2. The van der Waals surface area contributed by atoms with E-state index in [-0.39, 0.29) is 41.3 Å². The molecule has 2 aromatic heterocycles. The Morgan fingerprint density at radius 2 is 1.61 bits per heavy atom. The number of nitrogens with zero attached hydrogens (tertiary/aromatic N) is 4. The number of thiazole rings is 1. The van der Waals surface area contributed by atoms with Crippen molar-refractivity contribution in [2.75, 3.05) is 30.8 Å². The van der Waals surface area contributed by atoms with Gasteiger partial charge in [-0.05, 0) is 127 Å². The van der Waals surface area contributed by atoms with Gasteiger partial charge in [-0.1, -0.05) is 12.1 Å². The summed E-state index contributed by atoms with van der Waals surface area (Å²) in [6, 6.07) is 11.2. The summed E-state index contributed by atoms with van der Waals surface area (Å²) in [7, 11) is 2.21. The minimum absolute atomic E-state index is 0.0700. The Balaban J connectivity index is 0.825. The molecule has 4 aromatic rings. The second-order valence-electron chi connectivity index (χ2n) is 17.7. The number of carbonyl (C=O) groups excluding carboxylic acids is 5. The van der Waals surface area contributed by atoms with Gasteiger partial charge in [-0.25, -0.2) is 9.97 Å². The van der Waals surface area contributed by atoms with Gasteiger partial charge in [-0.2, -0.15) is 13.2 Å². The number of anilines is 2. The first-order chi connectivity index (χ1) is 29.4. The zero-order valence-corrected chi connectivity index (χ0v) is 35.6. The smallest absolute Gasteiger partial charge is 0.386 e. The van der Waals surface area contributed by atoms with E-state index >= 15 is 0 Å². The van der Waals surface area contributed by atoms with Crippen LogP contribution in [-0.4, -0.2) is 86.6 Å². The molecule has 0 radical (unpaired) electrons. The van der Waals surface area contributed by atoms with Gasteiger partial charge in [0.2, 0.25) is 11.8 Å². The van der Waals surface area contributed by atoms with Crippen LogP contribution in [0, 0.1) is 11.8 Å². The number of nitrogens with one attached hydrogen (secondary N) is 3. The van der Waals surface area contributed by atoms with Crippen LogP contribution in [0.3, 0.4) is 0 Å². The van der Waals surface area contributed by atoms with Gasteiger partial charge in [-0.15, -0.1) is 11.3 Å². The van der Waals surface area contributed by atoms with Crippen LogP contribution in [0.25, 0.3) is 10.2 Å². The SMILES string of the molecule is CN(C[C@H]1CC[C@H](c2nc3cc(C(C)(C)O)c(NC(=O)c4cccc(C(F)(F)F)n4)cc3s2)CC1)[C@H]1CC[C@H](CNc2cccc3c2C(=O)N(C2CCC(=O)NC2=O)C3=O)CC1. The van der Waals surface area contributed by atoms with E-state index in [1.807, 2.05) is 0 Å². The van der Waals surface area contributed by atoms with Crippen molar-refractivity contribution in [3.05, 3.63) is 81.6 Å². The molecule has 1 unspecified atom stereocenters. The molecule has 328 valence electrons. The maximum atomic E-state index is 13.5. The number of piperidine rings is 1. The lowest BCUT2D eigenvalue weighted by Gasteiger charge is -2.38. The molecule has 13 nitrogen and oxygen atoms in total. The van der Waals surface area contributed by atoms with E-state index < -0.39 is 53.0 Å². The van der Waals surface area contributed by atoms with Crippen molar-refractivity contribution in [3.8, 4) is 0 Å². The van der Waals surface area contributed by atoms with Gasteiger partial charge >= 0.3 is 6.18 Å². The molecule has 3 fully saturated rings. The highest BCUT2D eigenvalue weighted by Gasteiger charge is 2.46. The first kappa shape index (κ1) is 43.4. The van der Waals surface area contributed by atoms with Crippen LogP contribution >= 0.6 is 11.3 Å². The number of imide groups is 2. The fourth-order valence-corrected chi connectivity index (χ4v) is 10.7. The highest BCUT2D eigenvalue weighted by Crippen LogP contribution is 2.42. The molecule has 2 saturated carbocycles. The lowest BCUT2D eigenvalue weighted by molar-refractivity contribution is -0.141. The number of pyridine rings is 1. The Morgan fingerprint density at radius 3 is 2.31 bits per heavy atom. The number of benzene rings is 2. The van der Waals surface area contributed by atoms with Crippen LogP contribution in [0.5, 0.6) is 0 Å². The monoisotopic (exact) mass is 873 g/mol. The topological polar surface area (TPSA) is 174 Å². The predicted molar refractivity (Wildman–Crippen MR) is 227 cm³/mol. The fourth-order valence-electron chi connectivity index (χ4n) is 9.54. The molecule has 2 aliphatic carbocycles. The van der Waals surface area contributed by atoms with Gasteiger partial charge in [0.25, 0.3) is 17.7 Å². The first-order valence-corrected chi connectivity index (χ1v) is 22.1. The number of fused-ring (bicyclic) bond motifs is 2. The van der Waals surface area contributed by atoms with Gasteiger partial charge in [0, 0.05) is 48.4 Å². The van der Waals surface area contributed by atoms with Crippen molar-refractivity contribution in [2.45, 2.75) is 108 Å². The average Bonchev–Trinajstić information content (AvgIpc) is 3.77. The Hall–Kier alpha value is -5.26. The number of carbonyl (C=O) groups is 5. The standard InChI is InChI=1S/C45H50F3N7O6S/c1-44(2,61)29-20-33-35(21-32(29)51-39(57)31-8-5-9-36(50-31)45(46,47)48)62-41(52-33)26-14-10-25(11-15-26)23-54(3)27-16-12-24(13-17-27)22-49-30-7-4-6-28-38(30)43(60)55(42(28)59)34-18-19-37(56)53-40(34)58/h4-9,20-21,24-27,34,49,61H,10-19,22-23H2,1-3H3,(H,51,57)(H,53,56,58)/t24-,25-,26-,27-,34?. The summed E-state index contributed by atoms with van der Waals surface area (Å²) in [5.41, 5.74) is -0.422. The fraction of sp³-hybridized carbons (Fsp3) is 0.489. The number of hydrogen-bond donors (Lipinski definition) is 4. The zero-order chi connectivity index (χ0) is 44.1. The maximum Gasteiger partial charge on any atom is 0.433 e. The van der Waals surface area contributed by atoms with E-state index in [1.54, 1.807) is 44.2 Å². The van der Waals surface area contributed by atoms with Crippen LogP contribution in [0.15, 0.2) is 48.5 Å². The van der Waals surface area contributed by atoms with Gasteiger partial charge in [0.1, 0.15) is 17.4 Å².